The van der Waals surface area contributed by atoms with Gasteiger partial charge in [-0.05, 0) is 24.6 Å². The molecule has 0 aliphatic rings. The van der Waals surface area contributed by atoms with E-state index >= 15 is 0 Å². The number of hydrogen-bond acceptors (Lipinski definition) is 4. The van der Waals surface area contributed by atoms with E-state index in [-0.39, 0.29) is 5.91 Å². The highest BCUT2D eigenvalue weighted by Gasteiger charge is 2.16. The Morgan fingerprint density at radius 3 is 2.70 bits per heavy atom. The Labute approximate surface area is 136 Å². The first-order chi connectivity index (χ1) is 11.1. The molecule has 0 saturated heterocycles. The molecule has 6 nitrogen and oxygen atoms in total. The van der Waals surface area contributed by atoms with Gasteiger partial charge in [0.1, 0.15) is 17.2 Å². The maximum atomic E-state index is 12.2. The first kappa shape index (κ1) is 16.9. The molecule has 0 radical (unpaired) electrons. The van der Waals surface area contributed by atoms with Crippen LogP contribution in [0.15, 0.2) is 24.3 Å². The van der Waals surface area contributed by atoms with E-state index in [0.29, 0.717) is 29.4 Å². The molecule has 0 aliphatic heterocycles. The van der Waals surface area contributed by atoms with Gasteiger partial charge in [-0.2, -0.15) is 5.10 Å². The minimum absolute atomic E-state index is 0.118. The zero-order valence-electron chi connectivity index (χ0n) is 14.0. The maximum Gasteiger partial charge on any atom is 0.269 e. The molecule has 6 heteroatoms. The lowest BCUT2D eigenvalue weighted by Gasteiger charge is -2.08. The largest absolute Gasteiger partial charge is 0.497 e. The minimum atomic E-state index is -0.118. The number of aryl methyl sites for hydroxylation is 1. The average molecular weight is 317 g/mol. The van der Waals surface area contributed by atoms with Crippen LogP contribution < -0.4 is 14.8 Å². The van der Waals surface area contributed by atoms with Crippen molar-refractivity contribution in [1.29, 1.82) is 0 Å². The molecule has 0 unspecified atom stereocenters. The van der Waals surface area contributed by atoms with Gasteiger partial charge in [0.05, 0.1) is 19.9 Å². The van der Waals surface area contributed by atoms with Crippen LogP contribution in [0.3, 0.4) is 0 Å². The van der Waals surface area contributed by atoms with E-state index in [2.05, 4.69) is 17.3 Å². The maximum absolute atomic E-state index is 12.2. The Hall–Kier alpha value is -2.50. The van der Waals surface area contributed by atoms with Crippen LogP contribution in [-0.4, -0.2) is 36.5 Å². The van der Waals surface area contributed by atoms with E-state index in [1.165, 1.54) is 0 Å². The summed E-state index contributed by atoms with van der Waals surface area (Å²) in [7, 11) is 4.96. The Balaban J connectivity index is 2.28. The lowest BCUT2D eigenvalue weighted by atomic mass is 10.1. The summed E-state index contributed by atoms with van der Waals surface area (Å²) in [5.74, 6) is 1.24. The highest BCUT2D eigenvalue weighted by Crippen LogP contribution is 2.32. The van der Waals surface area contributed by atoms with Crippen molar-refractivity contribution >= 4 is 5.91 Å². The number of ether oxygens (including phenoxy) is 2. The van der Waals surface area contributed by atoms with E-state index in [1.807, 2.05) is 12.1 Å². The number of rotatable bonds is 7. The molecule has 1 aromatic carbocycles. The highest BCUT2D eigenvalue weighted by molar-refractivity contribution is 5.93. The molecule has 0 fully saturated rings. The number of benzene rings is 1. The summed E-state index contributed by atoms with van der Waals surface area (Å²) in [4.78, 5) is 12.2. The van der Waals surface area contributed by atoms with Gasteiger partial charge in [0, 0.05) is 25.2 Å². The molecule has 1 N–H and O–H groups in total. The van der Waals surface area contributed by atoms with Gasteiger partial charge >= 0.3 is 0 Å². The van der Waals surface area contributed by atoms with E-state index in [9.17, 15) is 4.79 Å². The molecule has 2 aromatic rings. The third kappa shape index (κ3) is 3.83. The minimum Gasteiger partial charge on any atom is -0.497 e. The summed E-state index contributed by atoms with van der Waals surface area (Å²) < 4.78 is 12.2. The van der Waals surface area contributed by atoms with Gasteiger partial charge in [0.15, 0.2) is 0 Å². The Bertz CT molecular complexity index is 680. The average Bonchev–Trinajstić information content (AvgIpc) is 2.96. The Morgan fingerprint density at radius 2 is 2.04 bits per heavy atom. The summed E-state index contributed by atoms with van der Waals surface area (Å²) >= 11 is 0. The standard InChI is InChI=1S/C17H23N3O3/c1-5-6-9-18-17(21)15-11-14(19-20(15)2)13-8-7-12(22-3)10-16(13)23-4/h7-8,10-11H,5-6,9H2,1-4H3,(H,18,21). The summed E-state index contributed by atoms with van der Waals surface area (Å²) in [5.41, 5.74) is 2.03. The molecular weight excluding hydrogens is 294 g/mol. The Morgan fingerprint density at radius 1 is 1.26 bits per heavy atom. The molecule has 0 atom stereocenters. The number of aromatic nitrogens is 2. The first-order valence-corrected chi connectivity index (χ1v) is 7.65. The van der Waals surface area contributed by atoms with Crippen LogP contribution in [-0.2, 0) is 7.05 Å². The number of amides is 1. The van der Waals surface area contributed by atoms with Gasteiger partial charge in [-0.3, -0.25) is 9.48 Å². The van der Waals surface area contributed by atoms with Crippen molar-refractivity contribution in [3.8, 4) is 22.8 Å². The molecule has 124 valence electrons. The zero-order valence-corrected chi connectivity index (χ0v) is 14.0. The van der Waals surface area contributed by atoms with Gasteiger partial charge in [0.25, 0.3) is 5.91 Å². The lowest BCUT2D eigenvalue weighted by molar-refractivity contribution is 0.0943. The van der Waals surface area contributed by atoms with Crippen LogP contribution in [0, 0.1) is 0 Å². The summed E-state index contributed by atoms with van der Waals surface area (Å²) in [6.45, 7) is 2.76. The molecule has 1 aromatic heterocycles. The van der Waals surface area contributed by atoms with Crippen molar-refractivity contribution in [3.63, 3.8) is 0 Å². The van der Waals surface area contributed by atoms with E-state index in [1.54, 1.807) is 38.1 Å². The zero-order chi connectivity index (χ0) is 16.8. The smallest absolute Gasteiger partial charge is 0.269 e. The normalized spacial score (nSPS) is 10.4. The van der Waals surface area contributed by atoms with Crippen LogP contribution in [0.4, 0.5) is 0 Å². The SMILES string of the molecule is CCCCNC(=O)c1cc(-c2ccc(OC)cc2OC)nn1C. The van der Waals surface area contributed by atoms with Crippen molar-refractivity contribution in [2.75, 3.05) is 20.8 Å². The molecule has 0 aliphatic carbocycles. The fourth-order valence-electron chi connectivity index (χ4n) is 2.29. The second kappa shape index (κ2) is 7.67. The number of unbranched alkanes of at least 4 members (excludes halogenated alkanes) is 1. The second-order valence-electron chi connectivity index (χ2n) is 5.21. The predicted octanol–water partition coefficient (Wildman–Crippen LogP) is 2.63. The number of methoxy groups -OCH3 is 2. The molecule has 1 heterocycles. The molecular formula is C17H23N3O3. The van der Waals surface area contributed by atoms with Crippen molar-refractivity contribution in [1.82, 2.24) is 15.1 Å². The third-order valence-corrected chi connectivity index (χ3v) is 3.61. The molecule has 0 bridgehead atoms. The first-order valence-electron chi connectivity index (χ1n) is 7.65. The molecule has 0 saturated carbocycles. The second-order valence-corrected chi connectivity index (χ2v) is 5.21. The number of nitrogens with one attached hydrogen (secondary N) is 1. The predicted molar refractivity (Wildman–Crippen MR) is 89.0 cm³/mol. The van der Waals surface area contributed by atoms with Crippen LogP contribution in [0.1, 0.15) is 30.3 Å². The fraction of sp³-hybridized carbons (Fsp3) is 0.412. The van der Waals surface area contributed by atoms with Crippen molar-refractivity contribution < 1.29 is 14.3 Å². The van der Waals surface area contributed by atoms with Crippen LogP contribution >= 0.6 is 0 Å². The Kier molecular flexibility index (Phi) is 5.62. The fourth-order valence-corrected chi connectivity index (χ4v) is 2.29. The summed E-state index contributed by atoms with van der Waals surface area (Å²) in [6, 6.07) is 7.28. The van der Waals surface area contributed by atoms with Crippen LogP contribution in [0.2, 0.25) is 0 Å². The van der Waals surface area contributed by atoms with Gasteiger partial charge in [-0.15, -0.1) is 0 Å². The van der Waals surface area contributed by atoms with Gasteiger partial charge in [0.2, 0.25) is 0 Å². The van der Waals surface area contributed by atoms with Crippen molar-refractivity contribution in [3.05, 3.63) is 30.0 Å². The van der Waals surface area contributed by atoms with Crippen LogP contribution in [0.5, 0.6) is 11.5 Å². The third-order valence-electron chi connectivity index (χ3n) is 3.61. The van der Waals surface area contributed by atoms with E-state index < -0.39 is 0 Å². The topological polar surface area (TPSA) is 65.4 Å². The molecule has 1 amide bonds. The molecule has 23 heavy (non-hydrogen) atoms. The summed E-state index contributed by atoms with van der Waals surface area (Å²) in [6.07, 6.45) is 2.00. The van der Waals surface area contributed by atoms with Gasteiger partial charge < -0.3 is 14.8 Å². The van der Waals surface area contributed by atoms with Gasteiger partial charge in [-0.25, -0.2) is 0 Å². The number of carbonyl (C=O) groups excluding carboxylic acids is 1. The molecule has 0 spiro atoms. The number of hydrogen-bond donors (Lipinski definition) is 1. The van der Waals surface area contributed by atoms with E-state index in [4.69, 9.17) is 9.47 Å². The number of nitrogens with zero attached hydrogens (tertiary/aromatic N) is 2. The van der Waals surface area contributed by atoms with Crippen LogP contribution in [0.25, 0.3) is 11.3 Å². The highest BCUT2D eigenvalue weighted by atomic mass is 16.5. The van der Waals surface area contributed by atoms with E-state index in [0.717, 1.165) is 18.4 Å². The van der Waals surface area contributed by atoms with Crippen molar-refractivity contribution in [2.24, 2.45) is 7.05 Å². The lowest BCUT2D eigenvalue weighted by Crippen LogP contribution is -2.26. The quantitative estimate of drug-likeness (QED) is 0.797. The summed E-state index contributed by atoms with van der Waals surface area (Å²) in [5, 5.41) is 7.33. The van der Waals surface area contributed by atoms with Gasteiger partial charge in [-0.1, -0.05) is 13.3 Å². The van der Waals surface area contributed by atoms with Crippen molar-refractivity contribution in [2.45, 2.75) is 19.8 Å². The molecule has 2 rings (SSSR count). The number of carbonyl (C=O) groups is 1. The monoisotopic (exact) mass is 317 g/mol.